The Labute approximate surface area is 74.5 Å². The molecule has 2 nitrogen and oxygen atoms in total. The Morgan fingerprint density at radius 2 is 2.00 bits per heavy atom. The van der Waals surface area contributed by atoms with Crippen LogP contribution in [0.5, 0.6) is 0 Å². The molecule has 0 saturated heterocycles. The van der Waals surface area contributed by atoms with Crippen LogP contribution < -0.4 is 11.5 Å². The Kier molecular flexibility index (Phi) is 2.83. The summed E-state index contributed by atoms with van der Waals surface area (Å²) < 4.78 is 26.0. The van der Waals surface area contributed by atoms with Crippen LogP contribution in [0.25, 0.3) is 0 Å². The van der Waals surface area contributed by atoms with Gasteiger partial charge >= 0.3 is 0 Å². The number of nitrogens with two attached hydrogens (primary N) is 2. The van der Waals surface area contributed by atoms with Crippen LogP contribution in [-0.4, -0.2) is 6.54 Å². The number of benzene rings is 1. The monoisotopic (exact) mass is 182 g/mol. The molecule has 68 valence electrons. The fourth-order valence-corrected chi connectivity index (χ4v) is 0.823. The van der Waals surface area contributed by atoms with Crippen LogP contribution in [0.15, 0.2) is 12.1 Å². The molecule has 0 spiro atoms. The fraction of sp³-hybridized carbons (Fsp3) is 0.111. The zero-order valence-electron chi connectivity index (χ0n) is 6.77. The molecule has 0 atom stereocenters. The van der Waals surface area contributed by atoms with Crippen molar-refractivity contribution < 1.29 is 8.78 Å². The molecule has 13 heavy (non-hydrogen) atoms. The average molecular weight is 182 g/mol. The summed E-state index contributed by atoms with van der Waals surface area (Å²) in [5.74, 6) is 3.07. The summed E-state index contributed by atoms with van der Waals surface area (Å²) in [7, 11) is 0. The van der Waals surface area contributed by atoms with Gasteiger partial charge in [-0.25, -0.2) is 8.78 Å². The van der Waals surface area contributed by atoms with E-state index in [2.05, 4.69) is 11.8 Å². The van der Waals surface area contributed by atoms with Crippen LogP contribution in [0, 0.1) is 23.5 Å². The van der Waals surface area contributed by atoms with E-state index >= 15 is 0 Å². The molecule has 0 aliphatic carbocycles. The Morgan fingerprint density at radius 3 is 2.62 bits per heavy atom. The van der Waals surface area contributed by atoms with Crippen molar-refractivity contribution in [3.8, 4) is 11.8 Å². The maximum Gasteiger partial charge on any atom is 0.164 e. The Balaban J connectivity index is 3.25. The van der Waals surface area contributed by atoms with Crippen LogP contribution in [0.3, 0.4) is 0 Å². The van der Waals surface area contributed by atoms with Gasteiger partial charge in [0.15, 0.2) is 5.82 Å². The largest absolute Gasteiger partial charge is 0.396 e. The zero-order valence-corrected chi connectivity index (χ0v) is 6.77. The minimum absolute atomic E-state index is 0.0493. The van der Waals surface area contributed by atoms with Gasteiger partial charge in [0.1, 0.15) is 5.82 Å². The van der Waals surface area contributed by atoms with Crippen molar-refractivity contribution in [1.29, 1.82) is 0 Å². The lowest BCUT2D eigenvalue weighted by Crippen LogP contribution is -1.98. The summed E-state index contributed by atoms with van der Waals surface area (Å²) in [4.78, 5) is 0. The molecular formula is C9H8F2N2. The highest BCUT2D eigenvalue weighted by Gasteiger charge is 2.08. The Morgan fingerprint density at radius 1 is 1.31 bits per heavy atom. The summed E-state index contributed by atoms with van der Waals surface area (Å²) in [5, 5.41) is 0. The van der Waals surface area contributed by atoms with Gasteiger partial charge in [-0.2, -0.15) is 0 Å². The summed E-state index contributed by atoms with van der Waals surface area (Å²) in [6, 6.07) is 2.22. The molecule has 1 aromatic carbocycles. The van der Waals surface area contributed by atoms with Crippen molar-refractivity contribution in [3.63, 3.8) is 0 Å². The standard InChI is InChI=1S/C9H8F2N2/c10-7-3-4-8(13)9(11)6(7)2-1-5-12/h3-4H,5,12-13H2. The normalized spacial score (nSPS) is 9.15. The first-order chi connectivity index (χ1) is 6.16. The van der Waals surface area contributed by atoms with Crippen LogP contribution in [-0.2, 0) is 0 Å². The van der Waals surface area contributed by atoms with E-state index in [1.54, 1.807) is 0 Å². The number of hydrogen-bond donors (Lipinski definition) is 2. The molecule has 0 fully saturated rings. The molecule has 0 bridgehead atoms. The van der Waals surface area contributed by atoms with Crippen molar-refractivity contribution in [1.82, 2.24) is 0 Å². The minimum atomic E-state index is -0.832. The number of halogens is 2. The molecule has 0 heterocycles. The number of hydrogen-bond acceptors (Lipinski definition) is 2. The fourth-order valence-electron chi connectivity index (χ4n) is 0.823. The number of rotatable bonds is 0. The van der Waals surface area contributed by atoms with E-state index in [0.717, 1.165) is 12.1 Å². The van der Waals surface area contributed by atoms with Gasteiger partial charge in [0.25, 0.3) is 0 Å². The maximum absolute atomic E-state index is 13.1. The van der Waals surface area contributed by atoms with Gasteiger partial charge in [-0.15, -0.1) is 0 Å². The molecule has 0 radical (unpaired) electrons. The second kappa shape index (κ2) is 3.87. The van der Waals surface area contributed by atoms with Gasteiger partial charge in [-0.3, -0.25) is 0 Å². The minimum Gasteiger partial charge on any atom is -0.396 e. The predicted molar refractivity (Wildman–Crippen MR) is 46.7 cm³/mol. The van der Waals surface area contributed by atoms with Crippen molar-refractivity contribution >= 4 is 5.69 Å². The summed E-state index contributed by atoms with van der Waals surface area (Å²) in [6.07, 6.45) is 0. The van der Waals surface area contributed by atoms with Gasteiger partial charge in [-0.1, -0.05) is 11.8 Å². The van der Waals surface area contributed by atoms with E-state index in [4.69, 9.17) is 11.5 Å². The molecule has 0 aromatic heterocycles. The SMILES string of the molecule is NCC#Cc1c(F)ccc(N)c1F. The molecule has 0 amide bonds. The highest BCUT2D eigenvalue weighted by atomic mass is 19.1. The van der Waals surface area contributed by atoms with E-state index in [0.29, 0.717) is 0 Å². The van der Waals surface area contributed by atoms with E-state index in [1.165, 1.54) is 0 Å². The smallest absolute Gasteiger partial charge is 0.164 e. The van der Waals surface area contributed by atoms with Crippen LogP contribution in [0.2, 0.25) is 0 Å². The first-order valence-corrected chi connectivity index (χ1v) is 3.59. The maximum atomic E-state index is 13.1. The molecule has 0 aliphatic heterocycles. The van der Waals surface area contributed by atoms with Crippen molar-refractivity contribution in [3.05, 3.63) is 29.3 Å². The lowest BCUT2D eigenvalue weighted by molar-refractivity contribution is 0.580. The van der Waals surface area contributed by atoms with Crippen LogP contribution in [0.1, 0.15) is 5.56 Å². The topological polar surface area (TPSA) is 52.0 Å². The summed E-state index contributed by atoms with van der Waals surface area (Å²) in [6.45, 7) is 0.0493. The summed E-state index contributed by atoms with van der Waals surface area (Å²) >= 11 is 0. The molecule has 1 aromatic rings. The first-order valence-electron chi connectivity index (χ1n) is 3.59. The van der Waals surface area contributed by atoms with Crippen molar-refractivity contribution in [2.24, 2.45) is 5.73 Å². The van der Waals surface area contributed by atoms with Gasteiger partial charge < -0.3 is 11.5 Å². The van der Waals surface area contributed by atoms with Gasteiger partial charge in [-0.05, 0) is 12.1 Å². The summed E-state index contributed by atoms with van der Waals surface area (Å²) in [5.41, 5.74) is 9.83. The molecule has 4 heteroatoms. The zero-order chi connectivity index (χ0) is 9.84. The van der Waals surface area contributed by atoms with Crippen molar-refractivity contribution in [2.75, 3.05) is 12.3 Å². The van der Waals surface area contributed by atoms with Gasteiger partial charge in [0.2, 0.25) is 0 Å². The second-order valence-electron chi connectivity index (χ2n) is 2.33. The number of nitrogen functional groups attached to an aromatic ring is 1. The molecule has 0 saturated carbocycles. The van der Waals surface area contributed by atoms with E-state index in [1.807, 2.05) is 0 Å². The molecule has 4 N–H and O–H groups in total. The predicted octanol–water partition coefficient (Wildman–Crippen LogP) is 0.857. The molecule has 0 unspecified atom stereocenters. The van der Waals surface area contributed by atoms with Crippen LogP contribution >= 0.6 is 0 Å². The molecule has 1 rings (SSSR count). The highest BCUT2D eigenvalue weighted by Crippen LogP contribution is 2.17. The quantitative estimate of drug-likeness (QED) is 0.461. The van der Waals surface area contributed by atoms with Crippen LogP contribution in [0.4, 0.5) is 14.5 Å². The third-order valence-electron chi connectivity index (χ3n) is 1.44. The Hall–Kier alpha value is -1.60. The Bertz CT molecular complexity index is 377. The van der Waals surface area contributed by atoms with E-state index < -0.39 is 11.6 Å². The van der Waals surface area contributed by atoms with Gasteiger partial charge in [0, 0.05) is 0 Å². The van der Waals surface area contributed by atoms with E-state index in [9.17, 15) is 8.78 Å². The van der Waals surface area contributed by atoms with Gasteiger partial charge in [0.05, 0.1) is 17.8 Å². The van der Waals surface area contributed by atoms with Crippen molar-refractivity contribution in [2.45, 2.75) is 0 Å². The first kappa shape index (κ1) is 9.49. The second-order valence-corrected chi connectivity index (χ2v) is 2.33. The molecule has 0 aliphatic rings. The average Bonchev–Trinajstić information content (AvgIpc) is 2.12. The lowest BCUT2D eigenvalue weighted by Gasteiger charge is -1.99. The highest BCUT2D eigenvalue weighted by molar-refractivity contribution is 5.49. The third kappa shape index (κ3) is 1.95. The number of anilines is 1. The van der Waals surface area contributed by atoms with E-state index in [-0.39, 0.29) is 17.8 Å². The molecular weight excluding hydrogens is 174 g/mol. The third-order valence-corrected chi connectivity index (χ3v) is 1.44. The lowest BCUT2D eigenvalue weighted by atomic mass is 10.2.